The molecule has 0 atom stereocenters. The van der Waals surface area contributed by atoms with Gasteiger partial charge in [0.15, 0.2) is 0 Å². The van der Waals surface area contributed by atoms with E-state index in [1.54, 1.807) is 0 Å². The minimum absolute atomic E-state index is 0.0622. The first-order valence-electron chi connectivity index (χ1n) is 6.38. The van der Waals surface area contributed by atoms with Gasteiger partial charge in [0.25, 0.3) is 5.91 Å². The lowest BCUT2D eigenvalue weighted by Gasteiger charge is -2.07. The van der Waals surface area contributed by atoms with Crippen LogP contribution in [0, 0.1) is 11.6 Å². The summed E-state index contributed by atoms with van der Waals surface area (Å²) in [5.74, 6) is -2.13. The molecule has 0 fully saturated rings. The molecule has 1 aromatic heterocycles. The Bertz CT molecular complexity index is 596. The number of carbonyl (C=O) groups excluding carboxylic acids is 1. The Morgan fingerprint density at radius 3 is 2.40 bits per heavy atom. The highest BCUT2D eigenvalue weighted by Crippen LogP contribution is 2.20. The first-order chi connectivity index (χ1) is 9.55. The molecule has 0 radical (unpaired) electrons. The van der Waals surface area contributed by atoms with Crippen LogP contribution in [0.2, 0.25) is 0 Å². The largest absolute Gasteiger partial charge is 0.319 e. The average Bonchev–Trinajstić information content (AvgIpc) is 2.79. The molecule has 6 heteroatoms. The minimum atomic E-state index is -0.784. The zero-order valence-corrected chi connectivity index (χ0v) is 11.3. The van der Waals surface area contributed by atoms with Crippen molar-refractivity contribution >= 4 is 11.6 Å². The van der Waals surface area contributed by atoms with Crippen molar-refractivity contribution in [2.45, 2.75) is 26.7 Å². The van der Waals surface area contributed by atoms with Crippen LogP contribution in [0.3, 0.4) is 0 Å². The Balaban J connectivity index is 2.29. The van der Waals surface area contributed by atoms with E-state index >= 15 is 0 Å². The summed E-state index contributed by atoms with van der Waals surface area (Å²) in [6.07, 6.45) is 1.31. The average molecular weight is 279 g/mol. The maximum Gasteiger partial charge on any atom is 0.255 e. The number of anilines is 1. The highest BCUT2D eigenvalue weighted by atomic mass is 19.1. The summed E-state index contributed by atoms with van der Waals surface area (Å²) in [6, 6.07) is 2.72. The zero-order valence-electron chi connectivity index (χ0n) is 11.3. The molecule has 2 aromatic rings. The first-order valence-corrected chi connectivity index (χ1v) is 6.38. The van der Waals surface area contributed by atoms with Gasteiger partial charge in [-0.25, -0.2) is 8.78 Å². The van der Waals surface area contributed by atoms with Gasteiger partial charge in [0, 0.05) is 11.6 Å². The molecule has 20 heavy (non-hydrogen) atoms. The van der Waals surface area contributed by atoms with E-state index in [2.05, 4.69) is 15.5 Å². The lowest BCUT2D eigenvalue weighted by Crippen LogP contribution is -2.14. The van der Waals surface area contributed by atoms with Gasteiger partial charge in [0.2, 0.25) is 0 Å². The van der Waals surface area contributed by atoms with Gasteiger partial charge in [-0.1, -0.05) is 13.8 Å². The molecular weight excluding hydrogens is 264 g/mol. The molecule has 4 nitrogen and oxygen atoms in total. The Kier molecular flexibility index (Phi) is 4.12. The summed E-state index contributed by atoms with van der Waals surface area (Å²) in [5.41, 5.74) is 2.02. The molecule has 0 spiro atoms. The number of halogens is 2. The van der Waals surface area contributed by atoms with E-state index in [4.69, 9.17) is 0 Å². The Morgan fingerprint density at radius 2 is 1.85 bits per heavy atom. The summed E-state index contributed by atoms with van der Waals surface area (Å²) in [7, 11) is 0. The highest BCUT2D eigenvalue weighted by Gasteiger charge is 2.15. The number of aryl methyl sites for hydroxylation is 2. The fraction of sp³-hybridized carbons (Fsp3) is 0.286. The van der Waals surface area contributed by atoms with Crippen molar-refractivity contribution in [1.82, 2.24) is 10.2 Å². The second-order valence-corrected chi connectivity index (χ2v) is 4.34. The molecule has 1 aromatic carbocycles. The number of hydrogen-bond acceptors (Lipinski definition) is 2. The van der Waals surface area contributed by atoms with Crippen LogP contribution in [-0.4, -0.2) is 16.1 Å². The number of H-pyrrole nitrogens is 1. The van der Waals surface area contributed by atoms with Crippen molar-refractivity contribution in [3.8, 4) is 0 Å². The van der Waals surface area contributed by atoms with Gasteiger partial charge < -0.3 is 5.32 Å². The van der Waals surface area contributed by atoms with E-state index in [0.29, 0.717) is 24.2 Å². The van der Waals surface area contributed by atoms with Crippen LogP contribution in [0.1, 0.15) is 35.6 Å². The fourth-order valence-corrected chi connectivity index (χ4v) is 1.95. The molecule has 0 aliphatic rings. The second kappa shape index (κ2) is 5.81. The summed E-state index contributed by atoms with van der Waals surface area (Å²) in [6.45, 7) is 3.83. The van der Waals surface area contributed by atoms with Crippen LogP contribution in [0.25, 0.3) is 0 Å². The van der Waals surface area contributed by atoms with Crippen LogP contribution in [0.5, 0.6) is 0 Å². The molecular formula is C14H15F2N3O. The standard InChI is InChI=1S/C14H15F2N3O/c1-3-11-13(12(4-2)19-18-11)17-14(20)8-5-9(15)7-10(16)6-8/h5-7H,3-4H2,1-2H3,(H,17,20)(H,18,19). The number of benzene rings is 1. The van der Waals surface area contributed by atoms with Gasteiger partial charge in [-0.2, -0.15) is 5.10 Å². The monoisotopic (exact) mass is 279 g/mol. The third-order valence-corrected chi connectivity index (χ3v) is 2.97. The van der Waals surface area contributed by atoms with E-state index in [1.807, 2.05) is 13.8 Å². The maximum absolute atomic E-state index is 13.1. The van der Waals surface area contributed by atoms with Gasteiger partial charge in [0.05, 0.1) is 17.1 Å². The van der Waals surface area contributed by atoms with Gasteiger partial charge in [-0.15, -0.1) is 0 Å². The number of nitrogens with one attached hydrogen (secondary N) is 2. The van der Waals surface area contributed by atoms with E-state index in [-0.39, 0.29) is 5.56 Å². The van der Waals surface area contributed by atoms with Gasteiger partial charge >= 0.3 is 0 Å². The molecule has 106 valence electrons. The van der Waals surface area contributed by atoms with Crippen LogP contribution >= 0.6 is 0 Å². The van der Waals surface area contributed by atoms with Crippen molar-refractivity contribution in [2.75, 3.05) is 5.32 Å². The van der Waals surface area contributed by atoms with E-state index in [9.17, 15) is 13.6 Å². The summed E-state index contributed by atoms with van der Waals surface area (Å²) in [4.78, 5) is 12.1. The first kappa shape index (κ1) is 14.2. The van der Waals surface area contributed by atoms with Crippen molar-refractivity contribution in [2.24, 2.45) is 0 Å². The van der Waals surface area contributed by atoms with Crippen molar-refractivity contribution in [3.05, 3.63) is 46.8 Å². The fourth-order valence-electron chi connectivity index (χ4n) is 1.95. The smallest absolute Gasteiger partial charge is 0.255 e. The van der Waals surface area contributed by atoms with Crippen molar-refractivity contribution in [3.63, 3.8) is 0 Å². The molecule has 0 saturated heterocycles. The third kappa shape index (κ3) is 2.84. The lowest BCUT2D eigenvalue weighted by atomic mass is 10.1. The SMILES string of the molecule is CCc1n[nH]c(CC)c1NC(=O)c1cc(F)cc(F)c1. The summed E-state index contributed by atoms with van der Waals surface area (Å²) < 4.78 is 26.2. The summed E-state index contributed by atoms with van der Waals surface area (Å²) in [5, 5.41) is 9.61. The number of hydrogen-bond donors (Lipinski definition) is 2. The molecule has 0 aliphatic heterocycles. The predicted molar refractivity (Wildman–Crippen MR) is 71.7 cm³/mol. The molecule has 2 rings (SSSR count). The minimum Gasteiger partial charge on any atom is -0.319 e. The topological polar surface area (TPSA) is 57.8 Å². The highest BCUT2D eigenvalue weighted by molar-refractivity contribution is 6.04. The number of carbonyl (C=O) groups is 1. The molecule has 0 aliphatic carbocycles. The van der Waals surface area contributed by atoms with Crippen molar-refractivity contribution in [1.29, 1.82) is 0 Å². The number of amides is 1. The van der Waals surface area contributed by atoms with Gasteiger partial charge in [0.1, 0.15) is 11.6 Å². The second-order valence-electron chi connectivity index (χ2n) is 4.34. The Hall–Kier alpha value is -2.24. The molecule has 0 bridgehead atoms. The number of aromatic amines is 1. The third-order valence-electron chi connectivity index (χ3n) is 2.97. The maximum atomic E-state index is 13.1. The Labute approximate surface area is 115 Å². The molecule has 2 N–H and O–H groups in total. The number of aromatic nitrogens is 2. The number of nitrogens with zero attached hydrogens (tertiary/aromatic N) is 1. The number of rotatable bonds is 4. The van der Waals surface area contributed by atoms with Crippen LogP contribution < -0.4 is 5.32 Å². The molecule has 1 amide bonds. The predicted octanol–water partition coefficient (Wildman–Crippen LogP) is 3.07. The van der Waals surface area contributed by atoms with E-state index < -0.39 is 17.5 Å². The van der Waals surface area contributed by atoms with E-state index in [1.165, 1.54) is 0 Å². The zero-order chi connectivity index (χ0) is 14.7. The molecule has 0 unspecified atom stereocenters. The lowest BCUT2D eigenvalue weighted by molar-refractivity contribution is 0.102. The Morgan fingerprint density at radius 1 is 1.20 bits per heavy atom. The van der Waals surface area contributed by atoms with Gasteiger partial charge in [-0.05, 0) is 25.0 Å². The molecule has 0 saturated carbocycles. The van der Waals surface area contributed by atoms with Crippen LogP contribution in [-0.2, 0) is 12.8 Å². The molecule has 1 heterocycles. The van der Waals surface area contributed by atoms with E-state index in [0.717, 1.165) is 23.9 Å². The van der Waals surface area contributed by atoms with Crippen molar-refractivity contribution < 1.29 is 13.6 Å². The van der Waals surface area contributed by atoms with Crippen LogP contribution in [0.15, 0.2) is 18.2 Å². The summed E-state index contributed by atoms with van der Waals surface area (Å²) >= 11 is 0. The van der Waals surface area contributed by atoms with Gasteiger partial charge in [-0.3, -0.25) is 9.89 Å². The normalized spacial score (nSPS) is 10.6. The van der Waals surface area contributed by atoms with Crippen LogP contribution in [0.4, 0.5) is 14.5 Å². The quantitative estimate of drug-likeness (QED) is 0.903.